The van der Waals surface area contributed by atoms with Crippen molar-refractivity contribution in [2.45, 2.75) is 38.1 Å². The number of aromatic nitrogens is 3. The van der Waals surface area contributed by atoms with E-state index in [1.165, 1.54) is 19.3 Å². The Balaban J connectivity index is 1.81. The van der Waals surface area contributed by atoms with Crippen molar-refractivity contribution >= 4 is 11.4 Å². The molecule has 1 aliphatic carbocycles. The minimum atomic E-state index is -0.0574. The van der Waals surface area contributed by atoms with Gasteiger partial charge in [-0.1, -0.05) is 30.5 Å². The van der Waals surface area contributed by atoms with E-state index in [1.807, 2.05) is 12.1 Å². The van der Waals surface area contributed by atoms with Gasteiger partial charge in [0.15, 0.2) is 0 Å². The first-order valence-electron chi connectivity index (χ1n) is 6.45. The molecule has 2 aromatic rings. The molecule has 0 aliphatic heterocycles. The summed E-state index contributed by atoms with van der Waals surface area (Å²) in [7, 11) is 0. The van der Waals surface area contributed by atoms with Gasteiger partial charge in [-0.05, 0) is 25.0 Å². The SMILES string of the molecule is O=C(NC1CCCCC1)c1cccc2cnnn12. The highest BCUT2D eigenvalue weighted by Gasteiger charge is 2.18. The van der Waals surface area contributed by atoms with Gasteiger partial charge >= 0.3 is 0 Å². The van der Waals surface area contributed by atoms with Crippen LogP contribution < -0.4 is 5.32 Å². The normalized spacial score (nSPS) is 16.9. The predicted molar refractivity (Wildman–Crippen MR) is 67.3 cm³/mol. The fourth-order valence-corrected chi connectivity index (χ4v) is 2.53. The van der Waals surface area contributed by atoms with Crippen LogP contribution in [0, 0.1) is 0 Å². The monoisotopic (exact) mass is 244 g/mol. The molecule has 94 valence electrons. The van der Waals surface area contributed by atoms with Gasteiger partial charge in [-0.25, -0.2) is 4.52 Å². The van der Waals surface area contributed by atoms with E-state index < -0.39 is 0 Å². The van der Waals surface area contributed by atoms with Crippen molar-refractivity contribution in [2.75, 3.05) is 0 Å². The first-order chi connectivity index (χ1) is 8.84. The molecule has 0 atom stereocenters. The van der Waals surface area contributed by atoms with Crippen LogP contribution in [-0.2, 0) is 0 Å². The van der Waals surface area contributed by atoms with Gasteiger partial charge in [0.25, 0.3) is 5.91 Å². The van der Waals surface area contributed by atoms with Crippen molar-refractivity contribution in [1.29, 1.82) is 0 Å². The molecule has 0 bridgehead atoms. The third-order valence-corrected chi connectivity index (χ3v) is 3.50. The largest absolute Gasteiger partial charge is 0.348 e. The fraction of sp³-hybridized carbons (Fsp3) is 0.462. The van der Waals surface area contributed by atoms with E-state index in [9.17, 15) is 4.79 Å². The number of hydrogen-bond acceptors (Lipinski definition) is 3. The lowest BCUT2D eigenvalue weighted by Crippen LogP contribution is -2.37. The Kier molecular flexibility index (Phi) is 2.96. The van der Waals surface area contributed by atoms with E-state index in [0.717, 1.165) is 18.4 Å². The van der Waals surface area contributed by atoms with Crippen LogP contribution in [0.1, 0.15) is 42.6 Å². The van der Waals surface area contributed by atoms with Crippen LogP contribution in [0.15, 0.2) is 24.4 Å². The summed E-state index contributed by atoms with van der Waals surface area (Å²) in [5.41, 5.74) is 1.39. The maximum atomic E-state index is 12.2. The molecule has 5 nitrogen and oxygen atoms in total. The summed E-state index contributed by atoms with van der Waals surface area (Å²) in [5, 5.41) is 10.9. The number of nitrogens with zero attached hydrogens (tertiary/aromatic N) is 3. The molecule has 0 saturated heterocycles. The second-order valence-corrected chi connectivity index (χ2v) is 4.79. The van der Waals surface area contributed by atoms with Gasteiger partial charge in [0, 0.05) is 6.04 Å². The molecule has 1 saturated carbocycles. The predicted octanol–water partition coefficient (Wildman–Crippen LogP) is 1.79. The van der Waals surface area contributed by atoms with E-state index in [2.05, 4.69) is 15.6 Å². The topological polar surface area (TPSA) is 59.3 Å². The number of hydrogen-bond donors (Lipinski definition) is 1. The second kappa shape index (κ2) is 4.76. The zero-order valence-electron chi connectivity index (χ0n) is 10.2. The summed E-state index contributed by atoms with van der Waals surface area (Å²) in [6.45, 7) is 0. The minimum absolute atomic E-state index is 0.0574. The van der Waals surface area contributed by atoms with E-state index in [1.54, 1.807) is 16.8 Å². The molecule has 1 fully saturated rings. The molecule has 2 heterocycles. The van der Waals surface area contributed by atoms with Crippen LogP contribution >= 0.6 is 0 Å². The highest BCUT2D eigenvalue weighted by atomic mass is 16.2. The number of fused-ring (bicyclic) bond motifs is 1. The first kappa shape index (κ1) is 11.2. The van der Waals surface area contributed by atoms with Gasteiger partial charge in [-0.2, -0.15) is 0 Å². The molecule has 18 heavy (non-hydrogen) atoms. The van der Waals surface area contributed by atoms with Gasteiger partial charge < -0.3 is 5.32 Å². The van der Waals surface area contributed by atoms with Crippen LogP contribution in [0.2, 0.25) is 0 Å². The standard InChI is InChI=1S/C13H16N4O/c18-13(15-10-5-2-1-3-6-10)12-8-4-7-11-9-14-16-17(11)12/h4,7-10H,1-3,5-6H2,(H,15,18). The van der Waals surface area contributed by atoms with Crippen LogP contribution in [0.25, 0.3) is 5.52 Å². The Morgan fingerprint density at radius 3 is 2.94 bits per heavy atom. The average molecular weight is 244 g/mol. The third-order valence-electron chi connectivity index (χ3n) is 3.50. The van der Waals surface area contributed by atoms with Crippen LogP contribution in [0.3, 0.4) is 0 Å². The van der Waals surface area contributed by atoms with Crippen molar-refractivity contribution in [1.82, 2.24) is 20.1 Å². The van der Waals surface area contributed by atoms with Crippen molar-refractivity contribution in [3.05, 3.63) is 30.1 Å². The zero-order valence-corrected chi connectivity index (χ0v) is 10.2. The highest BCUT2D eigenvalue weighted by Crippen LogP contribution is 2.17. The molecule has 1 N–H and O–H groups in total. The summed E-state index contributed by atoms with van der Waals surface area (Å²) in [6.07, 6.45) is 7.51. The maximum absolute atomic E-state index is 12.2. The molecule has 3 rings (SSSR count). The van der Waals surface area contributed by atoms with E-state index in [4.69, 9.17) is 0 Å². The average Bonchev–Trinajstić information content (AvgIpc) is 2.87. The maximum Gasteiger partial charge on any atom is 0.270 e. The zero-order chi connectivity index (χ0) is 12.4. The number of pyridine rings is 1. The smallest absolute Gasteiger partial charge is 0.270 e. The van der Waals surface area contributed by atoms with E-state index in [0.29, 0.717) is 11.7 Å². The number of carbonyl (C=O) groups is 1. The van der Waals surface area contributed by atoms with Crippen LogP contribution in [0.4, 0.5) is 0 Å². The molecular weight excluding hydrogens is 228 g/mol. The molecule has 5 heteroatoms. The first-order valence-corrected chi connectivity index (χ1v) is 6.45. The minimum Gasteiger partial charge on any atom is -0.348 e. The summed E-state index contributed by atoms with van der Waals surface area (Å²) >= 11 is 0. The van der Waals surface area contributed by atoms with Gasteiger partial charge in [0.05, 0.1) is 11.7 Å². The summed E-state index contributed by atoms with van der Waals surface area (Å²) in [6, 6.07) is 5.83. The van der Waals surface area contributed by atoms with Gasteiger partial charge in [-0.15, -0.1) is 5.10 Å². The van der Waals surface area contributed by atoms with E-state index in [-0.39, 0.29) is 5.91 Å². The fourth-order valence-electron chi connectivity index (χ4n) is 2.53. The molecule has 1 aliphatic rings. The Morgan fingerprint density at radius 1 is 1.28 bits per heavy atom. The Labute approximate surface area is 105 Å². The molecule has 0 radical (unpaired) electrons. The number of carbonyl (C=O) groups excluding carboxylic acids is 1. The summed E-state index contributed by atoms with van der Waals surface area (Å²) < 4.78 is 1.58. The summed E-state index contributed by atoms with van der Waals surface area (Å²) in [4.78, 5) is 12.2. The Hall–Kier alpha value is -1.91. The van der Waals surface area contributed by atoms with Crippen molar-refractivity contribution < 1.29 is 4.79 Å². The summed E-state index contributed by atoms with van der Waals surface area (Å²) in [5.74, 6) is -0.0574. The lowest BCUT2D eigenvalue weighted by Gasteiger charge is -2.22. The van der Waals surface area contributed by atoms with Crippen molar-refractivity contribution in [2.24, 2.45) is 0 Å². The third kappa shape index (κ3) is 2.08. The molecule has 0 aromatic carbocycles. The highest BCUT2D eigenvalue weighted by molar-refractivity contribution is 5.93. The molecule has 1 amide bonds. The van der Waals surface area contributed by atoms with Gasteiger partial charge in [0.2, 0.25) is 0 Å². The number of amides is 1. The lowest BCUT2D eigenvalue weighted by molar-refractivity contribution is 0.0920. The Morgan fingerprint density at radius 2 is 2.11 bits per heavy atom. The van der Waals surface area contributed by atoms with Crippen LogP contribution in [0.5, 0.6) is 0 Å². The molecule has 2 aromatic heterocycles. The van der Waals surface area contributed by atoms with Gasteiger partial charge in [-0.3, -0.25) is 4.79 Å². The number of rotatable bonds is 2. The van der Waals surface area contributed by atoms with Crippen molar-refractivity contribution in [3.63, 3.8) is 0 Å². The Bertz CT molecular complexity index is 557. The van der Waals surface area contributed by atoms with Crippen LogP contribution in [-0.4, -0.2) is 26.8 Å². The molecule has 0 spiro atoms. The van der Waals surface area contributed by atoms with E-state index >= 15 is 0 Å². The molecular formula is C13H16N4O. The quantitative estimate of drug-likeness (QED) is 0.876. The molecule has 0 unspecified atom stereocenters. The lowest BCUT2D eigenvalue weighted by atomic mass is 9.95. The second-order valence-electron chi connectivity index (χ2n) is 4.79. The van der Waals surface area contributed by atoms with Gasteiger partial charge in [0.1, 0.15) is 5.69 Å². The van der Waals surface area contributed by atoms with Crippen molar-refractivity contribution in [3.8, 4) is 0 Å². The number of nitrogens with one attached hydrogen (secondary N) is 1.